The maximum atomic E-state index is 8.53. The lowest BCUT2D eigenvalue weighted by Crippen LogP contribution is -2.09. The second-order valence-electron chi connectivity index (χ2n) is 4.96. The average molecular weight is 268 g/mol. The highest BCUT2D eigenvalue weighted by Gasteiger charge is 2.11. The van der Waals surface area contributed by atoms with Gasteiger partial charge >= 0.3 is 0 Å². The fourth-order valence-corrected chi connectivity index (χ4v) is 2.26. The van der Waals surface area contributed by atoms with Crippen molar-refractivity contribution in [2.75, 3.05) is 6.61 Å². The van der Waals surface area contributed by atoms with Gasteiger partial charge in [0.05, 0.1) is 12.7 Å². The molecule has 0 fully saturated rings. The van der Waals surface area contributed by atoms with E-state index in [9.17, 15) is 0 Å². The Hall–Kier alpha value is -2.05. The Morgan fingerprint density at radius 1 is 1.20 bits per heavy atom. The third-order valence-electron chi connectivity index (χ3n) is 3.33. The largest absolute Gasteiger partial charge is 0.493 e. The minimum atomic E-state index is -0.0614. The molecule has 0 aliphatic heterocycles. The molecular weight excluding hydrogens is 248 g/mol. The van der Waals surface area contributed by atoms with Gasteiger partial charge in [0.1, 0.15) is 5.75 Å². The number of hydrogen-bond donors (Lipinski definition) is 1. The van der Waals surface area contributed by atoms with Gasteiger partial charge in [-0.05, 0) is 25.2 Å². The molecule has 0 aliphatic carbocycles. The van der Waals surface area contributed by atoms with E-state index in [1.807, 2.05) is 25.1 Å². The van der Waals surface area contributed by atoms with E-state index in [-0.39, 0.29) is 6.04 Å². The van der Waals surface area contributed by atoms with Crippen LogP contribution in [-0.4, -0.2) is 6.61 Å². The summed E-state index contributed by atoms with van der Waals surface area (Å²) in [6, 6.07) is 14.4. The van der Waals surface area contributed by atoms with Gasteiger partial charge in [-0.15, -0.1) is 0 Å². The van der Waals surface area contributed by atoms with Gasteiger partial charge in [-0.25, -0.2) is 0 Å². The summed E-state index contributed by atoms with van der Waals surface area (Å²) >= 11 is 0. The van der Waals surface area contributed by atoms with Crippen LogP contribution in [0.25, 0.3) is 10.8 Å². The number of rotatable bonds is 6. The number of hydrogen-bond acceptors (Lipinski definition) is 3. The summed E-state index contributed by atoms with van der Waals surface area (Å²) < 4.78 is 5.97. The van der Waals surface area contributed by atoms with Crippen LogP contribution in [0, 0.1) is 11.3 Å². The molecule has 0 radical (unpaired) electrons. The molecule has 0 saturated carbocycles. The molecule has 0 spiro atoms. The smallest absolute Gasteiger partial charge is 0.131 e. The van der Waals surface area contributed by atoms with Gasteiger partial charge < -0.3 is 10.5 Å². The van der Waals surface area contributed by atoms with Crippen LogP contribution in [0.1, 0.15) is 37.8 Å². The molecule has 0 heterocycles. The van der Waals surface area contributed by atoms with Crippen molar-refractivity contribution in [3.05, 3.63) is 42.0 Å². The second-order valence-corrected chi connectivity index (χ2v) is 4.96. The zero-order valence-corrected chi connectivity index (χ0v) is 11.8. The molecule has 2 N–H and O–H groups in total. The lowest BCUT2D eigenvalue weighted by Gasteiger charge is -2.16. The summed E-state index contributed by atoms with van der Waals surface area (Å²) in [6.45, 7) is 2.59. The first-order valence-corrected chi connectivity index (χ1v) is 7.01. The topological polar surface area (TPSA) is 59.0 Å². The van der Waals surface area contributed by atoms with Crippen LogP contribution in [0.4, 0.5) is 0 Å². The van der Waals surface area contributed by atoms with Gasteiger partial charge in [0.25, 0.3) is 0 Å². The summed E-state index contributed by atoms with van der Waals surface area (Å²) in [4.78, 5) is 0. The molecule has 2 rings (SSSR count). The van der Waals surface area contributed by atoms with Crippen LogP contribution in [0.3, 0.4) is 0 Å². The third-order valence-corrected chi connectivity index (χ3v) is 3.33. The molecule has 0 aromatic heterocycles. The predicted octanol–water partition coefficient (Wildman–Crippen LogP) is 3.93. The monoisotopic (exact) mass is 268 g/mol. The fraction of sp³-hybridized carbons (Fsp3) is 0.353. The van der Waals surface area contributed by atoms with E-state index in [1.54, 1.807) is 0 Å². The number of ether oxygens (including phenoxy) is 1. The van der Waals surface area contributed by atoms with Crippen LogP contribution >= 0.6 is 0 Å². The lowest BCUT2D eigenvalue weighted by molar-refractivity contribution is 0.307. The Labute approximate surface area is 120 Å². The lowest BCUT2D eigenvalue weighted by atomic mass is 10.0. The van der Waals surface area contributed by atoms with Crippen LogP contribution in [-0.2, 0) is 0 Å². The van der Waals surface area contributed by atoms with Gasteiger partial charge in [-0.1, -0.05) is 36.4 Å². The van der Waals surface area contributed by atoms with E-state index >= 15 is 0 Å². The zero-order chi connectivity index (χ0) is 14.4. The highest BCUT2D eigenvalue weighted by Crippen LogP contribution is 2.33. The highest BCUT2D eigenvalue weighted by molar-refractivity contribution is 5.89. The van der Waals surface area contributed by atoms with Gasteiger partial charge in [-0.3, -0.25) is 0 Å². The van der Waals surface area contributed by atoms with E-state index < -0.39 is 0 Å². The first-order valence-electron chi connectivity index (χ1n) is 7.01. The molecule has 0 amide bonds. The van der Waals surface area contributed by atoms with Gasteiger partial charge in [0.15, 0.2) is 0 Å². The predicted molar refractivity (Wildman–Crippen MR) is 81.5 cm³/mol. The summed E-state index contributed by atoms with van der Waals surface area (Å²) in [5.74, 6) is 0.884. The van der Waals surface area contributed by atoms with Gasteiger partial charge in [0.2, 0.25) is 0 Å². The molecule has 3 heteroatoms. The van der Waals surface area contributed by atoms with E-state index in [0.717, 1.165) is 34.9 Å². The summed E-state index contributed by atoms with van der Waals surface area (Å²) in [6.07, 6.45) is 2.34. The minimum absolute atomic E-state index is 0.0614. The molecule has 1 atom stereocenters. The number of nitrogens with zero attached hydrogens (tertiary/aromatic N) is 1. The van der Waals surface area contributed by atoms with Crippen LogP contribution in [0.5, 0.6) is 5.75 Å². The van der Waals surface area contributed by atoms with Crippen molar-refractivity contribution in [1.82, 2.24) is 0 Å². The van der Waals surface area contributed by atoms with E-state index in [4.69, 9.17) is 15.7 Å². The Balaban J connectivity index is 2.23. The number of unbranched alkanes of at least 4 members (excludes halogenated alkanes) is 2. The molecule has 0 aliphatic rings. The van der Waals surface area contributed by atoms with E-state index in [2.05, 4.69) is 24.3 Å². The molecule has 20 heavy (non-hydrogen) atoms. The van der Waals surface area contributed by atoms with Crippen molar-refractivity contribution in [2.24, 2.45) is 5.73 Å². The minimum Gasteiger partial charge on any atom is -0.493 e. The third kappa shape index (κ3) is 3.28. The number of fused-ring (bicyclic) bond motifs is 1. The highest BCUT2D eigenvalue weighted by atomic mass is 16.5. The maximum absolute atomic E-state index is 8.53. The molecule has 0 bridgehead atoms. The van der Waals surface area contributed by atoms with Crippen molar-refractivity contribution < 1.29 is 4.74 Å². The normalized spacial score (nSPS) is 12.1. The van der Waals surface area contributed by atoms with Crippen LogP contribution in [0.15, 0.2) is 36.4 Å². The average Bonchev–Trinajstić information content (AvgIpc) is 2.46. The number of nitriles is 1. The maximum Gasteiger partial charge on any atom is 0.131 e. The van der Waals surface area contributed by atoms with Crippen molar-refractivity contribution in [1.29, 1.82) is 5.26 Å². The van der Waals surface area contributed by atoms with Crippen molar-refractivity contribution in [3.8, 4) is 11.8 Å². The Morgan fingerprint density at radius 2 is 2.00 bits per heavy atom. The van der Waals surface area contributed by atoms with Gasteiger partial charge in [0, 0.05) is 23.4 Å². The van der Waals surface area contributed by atoms with Crippen molar-refractivity contribution >= 4 is 10.8 Å². The van der Waals surface area contributed by atoms with Crippen LogP contribution in [0.2, 0.25) is 0 Å². The molecule has 2 aromatic rings. The standard InChI is InChI=1S/C17H20N2O/c1-13(19)15-10-9-14-7-3-4-8-16(14)17(15)20-12-6-2-5-11-18/h3-4,7-10,13H,2,5-6,12,19H2,1H3. The molecular formula is C17H20N2O. The van der Waals surface area contributed by atoms with Crippen molar-refractivity contribution in [2.45, 2.75) is 32.2 Å². The van der Waals surface area contributed by atoms with Gasteiger partial charge in [-0.2, -0.15) is 5.26 Å². The molecule has 1 unspecified atom stereocenters. The Kier molecular flexibility index (Phi) is 4.97. The van der Waals surface area contributed by atoms with E-state index in [0.29, 0.717) is 13.0 Å². The zero-order valence-electron chi connectivity index (χ0n) is 11.8. The summed E-state index contributed by atoms with van der Waals surface area (Å²) in [7, 11) is 0. The Morgan fingerprint density at radius 3 is 2.75 bits per heavy atom. The second kappa shape index (κ2) is 6.93. The fourth-order valence-electron chi connectivity index (χ4n) is 2.26. The molecule has 2 aromatic carbocycles. The first kappa shape index (κ1) is 14.4. The SMILES string of the molecule is CC(N)c1ccc2ccccc2c1OCCCCC#N. The van der Waals surface area contributed by atoms with Crippen LogP contribution < -0.4 is 10.5 Å². The van der Waals surface area contributed by atoms with E-state index in [1.165, 1.54) is 0 Å². The number of benzene rings is 2. The first-order chi connectivity index (χ1) is 9.74. The quantitative estimate of drug-likeness (QED) is 0.807. The summed E-state index contributed by atoms with van der Waals surface area (Å²) in [5, 5.41) is 10.8. The summed E-state index contributed by atoms with van der Waals surface area (Å²) in [5.41, 5.74) is 7.07. The molecule has 104 valence electrons. The van der Waals surface area contributed by atoms with Crippen molar-refractivity contribution in [3.63, 3.8) is 0 Å². The molecule has 0 saturated heterocycles. The number of nitrogens with two attached hydrogens (primary N) is 1. The molecule has 3 nitrogen and oxygen atoms in total. The Bertz CT molecular complexity index is 614.